The minimum absolute atomic E-state index is 0.00848. The molecule has 0 aliphatic carbocycles. The number of carbonyl (C=O) groups is 2. The number of rotatable bonds is 6. The van der Waals surface area contributed by atoms with Gasteiger partial charge in [0.25, 0.3) is 5.69 Å². The van der Waals surface area contributed by atoms with E-state index < -0.39 is 23.1 Å². The predicted molar refractivity (Wildman–Crippen MR) is 116 cm³/mol. The molecule has 12 nitrogen and oxygen atoms in total. The summed E-state index contributed by atoms with van der Waals surface area (Å²) in [5.74, 6) is -2.75. The van der Waals surface area contributed by atoms with E-state index in [0.29, 0.717) is 11.3 Å². The number of hydrogen-bond acceptors (Lipinski definition) is 10. The number of anilines is 2. The quantitative estimate of drug-likeness (QED) is 0.337. The van der Waals surface area contributed by atoms with Crippen molar-refractivity contribution in [2.45, 2.75) is 24.1 Å². The number of nitrogens with zero attached hydrogens (tertiary/aromatic N) is 5. The van der Waals surface area contributed by atoms with Gasteiger partial charge in [0.2, 0.25) is 5.91 Å². The minimum Gasteiger partial charge on any atom is -0.539 e. The molecule has 1 amide bonds. The summed E-state index contributed by atoms with van der Waals surface area (Å²) in [5, 5.41) is 46.1. The first-order valence-electron chi connectivity index (χ1n) is 9.57. The van der Waals surface area contributed by atoms with Crippen molar-refractivity contribution in [3.63, 3.8) is 0 Å². The first-order chi connectivity index (χ1) is 16.1. The summed E-state index contributed by atoms with van der Waals surface area (Å²) in [6.45, 7) is 3.26. The summed E-state index contributed by atoms with van der Waals surface area (Å²) in [7, 11) is 1.40. The molecule has 13 heteroatoms. The van der Waals surface area contributed by atoms with Crippen molar-refractivity contribution < 1.29 is 29.0 Å². The van der Waals surface area contributed by atoms with E-state index in [9.17, 15) is 30.3 Å². The molecule has 0 aliphatic heterocycles. The summed E-state index contributed by atoms with van der Waals surface area (Å²) in [5.41, 5.74) is 6.31. The molecule has 0 fully saturated rings. The molecule has 34 heavy (non-hydrogen) atoms. The Morgan fingerprint density at radius 1 is 1.32 bits per heavy atom. The van der Waals surface area contributed by atoms with Crippen LogP contribution in [-0.4, -0.2) is 32.5 Å². The van der Waals surface area contributed by atoms with E-state index in [1.807, 2.05) is 12.1 Å². The van der Waals surface area contributed by atoms with Gasteiger partial charge in [0, 0.05) is 5.69 Å². The van der Waals surface area contributed by atoms with Crippen LogP contribution in [0.4, 0.5) is 11.5 Å². The van der Waals surface area contributed by atoms with Crippen molar-refractivity contribution in [1.29, 1.82) is 10.5 Å². The molecule has 3 aromatic rings. The van der Waals surface area contributed by atoms with E-state index in [1.165, 1.54) is 19.2 Å². The van der Waals surface area contributed by atoms with Crippen LogP contribution in [0.1, 0.15) is 34.0 Å². The monoisotopic (exact) mass is 479 g/mol. The second kappa shape index (κ2) is 9.48. The first kappa shape index (κ1) is 24.0. The molecule has 0 radical (unpaired) electrons. The Morgan fingerprint density at radius 2 is 2.00 bits per heavy atom. The van der Waals surface area contributed by atoms with Gasteiger partial charge in [0.15, 0.2) is 13.0 Å². The first-order valence-corrected chi connectivity index (χ1v) is 10.5. The van der Waals surface area contributed by atoms with Crippen molar-refractivity contribution in [3.05, 3.63) is 40.5 Å². The van der Waals surface area contributed by atoms with Gasteiger partial charge in [-0.25, -0.2) is 9.78 Å². The number of nitriles is 2. The van der Waals surface area contributed by atoms with Gasteiger partial charge in [-0.1, -0.05) is 22.5 Å². The molecule has 0 saturated heterocycles. The number of aromatic carboxylic acids is 1. The maximum atomic E-state index is 12.8. The van der Waals surface area contributed by atoms with Gasteiger partial charge in [0.05, 0.1) is 27.2 Å². The fourth-order valence-corrected chi connectivity index (χ4v) is 3.96. The summed E-state index contributed by atoms with van der Waals surface area (Å²) in [4.78, 5) is 28.2. The lowest BCUT2D eigenvalue weighted by molar-refractivity contribution is -0.730. The number of benzene rings is 1. The molecule has 0 bridgehead atoms. The highest BCUT2D eigenvalue weighted by molar-refractivity contribution is 8.00. The zero-order valence-electron chi connectivity index (χ0n) is 18.1. The van der Waals surface area contributed by atoms with Gasteiger partial charge >= 0.3 is 5.97 Å². The summed E-state index contributed by atoms with van der Waals surface area (Å²) in [6.07, 6.45) is 0. The highest BCUT2D eigenvalue weighted by Crippen LogP contribution is 2.38. The van der Waals surface area contributed by atoms with Crippen LogP contribution < -0.4 is 20.8 Å². The molecule has 1 atom stereocenters. The number of nitrogen functional groups attached to an aromatic ring is 1. The minimum atomic E-state index is -1.14. The highest BCUT2D eigenvalue weighted by Gasteiger charge is 2.30. The molecule has 172 valence electrons. The smallest absolute Gasteiger partial charge is 0.335 e. The van der Waals surface area contributed by atoms with Gasteiger partial charge in [-0.3, -0.25) is 4.79 Å². The van der Waals surface area contributed by atoms with Gasteiger partial charge in [-0.05, 0) is 31.5 Å². The number of carboxylic acid groups (broad SMARTS) is 1. The Hall–Kier alpha value is -4.62. The zero-order valence-corrected chi connectivity index (χ0v) is 18.9. The SMILES string of the molecule is Cc1ccc(C(=O)O)cc1NC(=O)C(C)Sc1nc(N)c(C#N)c(-c2c([O-])on[n+]2C)c1C#N. The Kier molecular flexibility index (Phi) is 6.70. The molecular weight excluding hydrogens is 462 g/mol. The third-order valence-corrected chi connectivity index (χ3v) is 5.90. The second-order valence-corrected chi connectivity index (χ2v) is 8.40. The van der Waals surface area contributed by atoms with E-state index in [2.05, 4.69) is 20.1 Å². The van der Waals surface area contributed by atoms with Crippen LogP contribution in [0.3, 0.4) is 0 Å². The van der Waals surface area contributed by atoms with Crippen molar-refractivity contribution in [3.8, 4) is 29.3 Å². The normalized spacial score (nSPS) is 11.3. The predicted octanol–water partition coefficient (Wildman–Crippen LogP) is 1.09. The van der Waals surface area contributed by atoms with Crippen LogP contribution in [0.25, 0.3) is 11.3 Å². The third-order valence-electron chi connectivity index (χ3n) is 4.82. The lowest BCUT2D eigenvalue weighted by Gasteiger charge is -2.16. The van der Waals surface area contributed by atoms with E-state index in [-0.39, 0.29) is 38.8 Å². The maximum Gasteiger partial charge on any atom is 0.335 e. The number of carbonyl (C=O) groups excluding carboxylic acids is 1. The average Bonchev–Trinajstić information content (AvgIpc) is 3.12. The third kappa shape index (κ3) is 4.46. The largest absolute Gasteiger partial charge is 0.539 e. The van der Waals surface area contributed by atoms with Crippen LogP contribution >= 0.6 is 11.8 Å². The van der Waals surface area contributed by atoms with E-state index >= 15 is 0 Å². The second-order valence-electron chi connectivity index (χ2n) is 7.07. The molecule has 0 saturated carbocycles. The number of hydrogen-bond donors (Lipinski definition) is 3. The molecule has 1 unspecified atom stereocenters. The van der Waals surface area contributed by atoms with Crippen molar-refractivity contribution >= 4 is 35.1 Å². The maximum absolute atomic E-state index is 12.8. The Labute approximate surface area is 197 Å². The number of thioether (sulfide) groups is 1. The van der Waals surface area contributed by atoms with Crippen LogP contribution in [-0.2, 0) is 11.8 Å². The van der Waals surface area contributed by atoms with E-state index in [1.54, 1.807) is 19.9 Å². The number of nitrogens with one attached hydrogen (secondary N) is 1. The molecule has 4 N–H and O–H groups in total. The van der Waals surface area contributed by atoms with E-state index in [4.69, 9.17) is 5.73 Å². The van der Waals surface area contributed by atoms with Gasteiger partial charge in [0.1, 0.15) is 28.5 Å². The Morgan fingerprint density at radius 3 is 2.56 bits per heavy atom. The topological polar surface area (TPSA) is 206 Å². The summed E-state index contributed by atoms with van der Waals surface area (Å²) < 4.78 is 5.69. The average molecular weight is 479 g/mol. The van der Waals surface area contributed by atoms with E-state index in [0.717, 1.165) is 16.4 Å². The number of carboxylic acids is 1. The lowest BCUT2D eigenvalue weighted by atomic mass is 10.0. The Bertz CT molecular complexity index is 1380. The number of nitrogens with two attached hydrogens (primary N) is 1. The van der Waals surface area contributed by atoms with Crippen LogP contribution in [0.5, 0.6) is 5.95 Å². The van der Waals surface area contributed by atoms with Gasteiger partial charge < -0.3 is 25.8 Å². The van der Waals surface area contributed by atoms with Gasteiger partial charge in [-0.15, -0.1) is 0 Å². The number of amides is 1. The molecule has 2 aromatic heterocycles. The van der Waals surface area contributed by atoms with Crippen LogP contribution in [0.15, 0.2) is 27.7 Å². The van der Waals surface area contributed by atoms with Crippen molar-refractivity contribution in [2.24, 2.45) is 7.05 Å². The number of aromatic nitrogens is 3. The van der Waals surface area contributed by atoms with Crippen molar-refractivity contribution in [2.75, 3.05) is 11.1 Å². The molecule has 3 rings (SSSR count). The molecule has 0 aliphatic rings. The molecule has 1 aromatic carbocycles. The summed E-state index contributed by atoms with van der Waals surface area (Å²) in [6, 6.07) is 8.09. The Balaban J connectivity index is 2.00. The lowest BCUT2D eigenvalue weighted by Crippen LogP contribution is -2.32. The van der Waals surface area contributed by atoms with Crippen LogP contribution in [0, 0.1) is 29.6 Å². The zero-order chi connectivity index (χ0) is 25.2. The molecular formula is C21H17N7O5S. The fourth-order valence-electron chi connectivity index (χ4n) is 3.04. The van der Waals surface area contributed by atoms with Gasteiger partial charge in [-0.2, -0.15) is 10.5 Å². The molecule has 2 heterocycles. The van der Waals surface area contributed by atoms with Crippen LogP contribution in [0.2, 0.25) is 0 Å². The standard InChI is InChI=1S/C21H17N7O5S/c1-9-4-5-11(20(30)31)6-14(9)25-18(29)10(2)34-19-13(8-23)15(12(7-22)17(24)26-19)16-21(32)33-27-28(16)3/h4-6,10H,1-3H3,(H4-,24,25,26,27,29,30,31,32). The highest BCUT2D eigenvalue weighted by atomic mass is 32.2. The number of pyridine rings is 1. The fraction of sp³-hybridized carbons (Fsp3) is 0.190. The number of aryl methyl sites for hydroxylation is 2. The van der Waals surface area contributed by atoms with Crippen molar-refractivity contribution in [1.82, 2.24) is 10.3 Å². The summed E-state index contributed by atoms with van der Waals surface area (Å²) >= 11 is 0.881. The molecule has 0 spiro atoms.